The van der Waals surface area contributed by atoms with Crippen LogP contribution >= 0.6 is 11.3 Å². The molecule has 1 saturated heterocycles. The van der Waals surface area contributed by atoms with Crippen molar-refractivity contribution in [1.82, 2.24) is 25.8 Å². The molecule has 0 radical (unpaired) electrons. The molecular weight excluding hydrogens is 376 g/mol. The molecule has 9 heteroatoms. The minimum absolute atomic E-state index is 0.326. The van der Waals surface area contributed by atoms with Gasteiger partial charge in [0, 0.05) is 31.7 Å². The molecular formula is C19H22N6O2S. The summed E-state index contributed by atoms with van der Waals surface area (Å²) < 4.78 is 4.61. The Hall–Kier alpha value is -2.91. The molecule has 0 spiro atoms. The maximum atomic E-state index is 11.3. The van der Waals surface area contributed by atoms with Crippen molar-refractivity contribution in [3.8, 4) is 21.1 Å². The van der Waals surface area contributed by atoms with E-state index in [-0.39, 0.29) is 0 Å². The van der Waals surface area contributed by atoms with Crippen molar-refractivity contribution in [2.45, 2.75) is 6.54 Å². The zero-order chi connectivity index (χ0) is 19.3. The molecule has 146 valence electrons. The van der Waals surface area contributed by atoms with E-state index in [4.69, 9.17) is 4.98 Å². The van der Waals surface area contributed by atoms with Crippen molar-refractivity contribution in [3.63, 3.8) is 0 Å². The minimum atomic E-state index is -0.471. The topological polar surface area (TPSA) is 95.2 Å². The van der Waals surface area contributed by atoms with Gasteiger partial charge in [-0.25, -0.2) is 9.78 Å². The number of carbonyl (C=O) groups excluding carboxylic acids is 1. The number of nitrogens with zero attached hydrogens (tertiary/aromatic N) is 3. The van der Waals surface area contributed by atoms with Gasteiger partial charge >= 0.3 is 6.09 Å². The Labute approximate surface area is 166 Å². The molecule has 28 heavy (non-hydrogen) atoms. The molecule has 0 bridgehead atoms. The van der Waals surface area contributed by atoms with Crippen LogP contribution in [-0.4, -0.2) is 54.6 Å². The number of rotatable bonds is 5. The van der Waals surface area contributed by atoms with Crippen LogP contribution in [0.15, 0.2) is 36.4 Å². The molecule has 3 aromatic rings. The Morgan fingerprint density at radius 3 is 2.82 bits per heavy atom. The number of thiazole rings is 1. The van der Waals surface area contributed by atoms with Gasteiger partial charge in [0.05, 0.1) is 24.2 Å². The Bertz CT molecular complexity index is 933. The van der Waals surface area contributed by atoms with E-state index in [2.05, 4.69) is 42.6 Å². The first-order valence-electron chi connectivity index (χ1n) is 9.13. The van der Waals surface area contributed by atoms with E-state index in [1.807, 2.05) is 24.3 Å². The van der Waals surface area contributed by atoms with Crippen molar-refractivity contribution in [2.24, 2.45) is 0 Å². The van der Waals surface area contributed by atoms with E-state index in [1.165, 1.54) is 7.11 Å². The monoisotopic (exact) mass is 398 g/mol. The second-order valence-corrected chi connectivity index (χ2v) is 7.40. The molecule has 1 amide bonds. The number of hydrogen-bond acceptors (Lipinski definition) is 7. The van der Waals surface area contributed by atoms with Crippen LogP contribution in [0.4, 0.5) is 10.6 Å². The van der Waals surface area contributed by atoms with Crippen LogP contribution < -0.4 is 15.5 Å². The number of benzene rings is 1. The summed E-state index contributed by atoms with van der Waals surface area (Å²) in [5, 5.41) is 14.5. The van der Waals surface area contributed by atoms with Crippen LogP contribution in [0.1, 0.15) is 5.69 Å². The highest BCUT2D eigenvalue weighted by atomic mass is 32.1. The fourth-order valence-corrected chi connectivity index (χ4v) is 4.14. The zero-order valence-corrected chi connectivity index (χ0v) is 16.4. The van der Waals surface area contributed by atoms with E-state index in [0.717, 1.165) is 58.8 Å². The van der Waals surface area contributed by atoms with E-state index >= 15 is 0 Å². The maximum Gasteiger partial charge on any atom is 0.407 e. The van der Waals surface area contributed by atoms with Crippen LogP contribution in [-0.2, 0) is 11.3 Å². The minimum Gasteiger partial charge on any atom is -0.453 e. The van der Waals surface area contributed by atoms with Gasteiger partial charge in [-0.1, -0.05) is 30.3 Å². The molecule has 1 aliphatic heterocycles. The lowest BCUT2D eigenvalue weighted by Gasteiger charge is -2.28. The Kier molecular flexibility index (Phi) is 5.54. The first-order chi connectivity index (χ1) is 13.7. The van der Waals surface area contributed by atoms with Gasteiger partial charge in [0.2, 0.25) is 0 Å². The number of methoxy groups -OCH3 is 1. The summed E-state index contributed by atoms with van der Waals surface area (Å²) in [6.45, 7) is 4.02. The van der Waals surface area contributed by atoms with Gasteiger partial charge in [-0.05, 0) is 6.07 Å². The number of anilines is 1. The van der Waals surface area contributed by atoms with E-state index < -0.39 is 6.09 Å². The second kappa shape index (κ2) is 8.41. The first kappa shape index (κ1) is 18.5. The van der Waals surface area contributed by atoms with Gasteiger partial charge in [0.15, 0.2) is 0 Å². The molecule has 3 N–H and O–H groups in total. The molecule has 2 aromatic heterocycles. The largest absolute Gasteiger partial charge is 0.453 e. The van der Waals surface area contributed by atoms with Crippen LogP contribution in [0.2, 0.25) is 0 Å². The average Bonchev–Trinajstić information content (AvgIpc) is 3.40. The Balaban J connectivity index is 1.66. The van der Waals surface area contributed by atoms with Crippen LogP contribution in [0.25, 0.3) is 21.1 Å². The summed E-state index contributed by atoms with van der Waals surface area (Å²) in [6.07, 6.45) is -0.471. The van der Waals surface area contributed by atoms with Gasteiger partial charge in [-0.2, -0.15) is 5.10 Å². The fourth-order valence-electron chi connectivity index (χ4n) is 3.08. The van der Waals surface area contributed by atoms with Gasteiger partial charge in [-0.15, -0.1) is 11.3 Å². The van der Waals surface area contributed by atoms with Crippen LogP contribution in [0.5, 0.6) is 0 Å². The first-order valence-corrected chi connectivity index (χ1v) is 9.94. The summed E-state index contributed by atoms with van der Waals surface area (Å²) in [4.78, 5) is 19.6. The lowest BCUT2D eigenvalue weighted by Crippen LogP contribution is -2.43. The SMILES string of the molecule is COC(=O)NCc1cc(-c2sc(-c3ccccc3)nc2N2CCNCC2)n[nH]1. The van der Waals surface area contributed by atoms with E-state index in [0.29, 0.717) is 6.54 Å². The van der Waals surface area contributed by atoms with Gasteiger partial charge in [0.25, 0.3) is 0 Å². The average molecular weight is 398 g/mol. The normalized spacial score (nSPS) is 14.1. The zero-order valence-electron chi connectivity index (χ0n) is 15.6. The number of amides is 1. The highest BCUT2D eigenvalue weighted by Crippen LogP contribution is 2.39. The summed E-state index contributed by atoms with van der Waals surface area (Å²) in [5.41, 5.74) is 2.73. The van der Waals surface area contributed by atoms with Gasteiger partial charge < -0.3 is 20.3 Å². The van der Waals surface area contributed by atoms with Crippen LogP contribution in [0, 0.1) is 0 Å². The van der Waals surface area contributed by atoms with Crippen molar-refractivity contribution >= 4 is 23.2 Å². The summed E-state index contributed by atoms with van der Waals surface area (Å²) in [7, 11) is 1.34. The van der Waals surface area contributed by atoms with Crippen LogP contribution in [0.3, 0.4) is 0 Å². The molecule has 0 aliphatic carbocycles. The number of H-pyrrole nitrogens is 1. The number of nitrogens with one attached hydrogen (secondary N) is 3. The summed E-state index contributed by atoms with van der Waals surface area (Å²) in [6, 6.07) is 12.1. The molecule has 1 aromatic carbocycles. The van der Waals surface area contributed by atoms with E-state index in [1.54, 1.807) is 11.3 Å². The van der Waals surface area contributed by atoms with Crippen molar-refractivity contribution < 1.29 is 9.53 Å². The molecule has 8 nitrogen and oxygen atoms in total. The number of carbonyl (C=O) groups is 1. The van der Waals surface area contributed by atoms with Crippen molar-refractivity contribution in [2.75, 3.05) is 38.2 Å². The highest BCUT2D eigenvalue weighted by molar-refractivity contribution is 7.19. The molecule has 0 unspecified atom stereocenters. The third kappa shape index (κ3) is 4.00. The molecule has 1 fully saturated rings. The molecule has 1 aliphatic rings. The third-order valence-corrected chi connectivity index (χ3v) is 5.63. The van der Waals surface area contributed by atoms with Gasteiger partial charge in [0.1, 0.15) is 16.5 Å². The summed E-state index contributed by atoms with van der Waals surface area (Å²) in [5.74, 6) is 0.962. The number of ether oxygens (including phenoxy) is 1. The molecule has 0 atom stereocenters. The Morgan fingerprint density at radius 2 is 2.07 bits per heavy atom. The molecule has 4 rings (SSSR count). The number of aromatic amines is 1. The van der Waals surface area contributed by atoms with Crippen molar-refractivity contribution in [3.05, 3.63) is 42.1 Å². The third-order valence-electron chi connectivity index (χ3n) is 4.52. The fraction of sp³-hybridized carbons (Fsp3) is 0.316. The summed E-state index contributed by atoms with van der Waals surface area (Å²) >= 11 is 1.63. The number of aromatic nitrogens is 3. The second-order valence-electron chi connectivity index (χ2n) is 6.40. The Morgan fingerprint density at radius 1 is 1.29 bits per heavy atom. The quantitative estimate of drug-likeness (QED) is 0.611. The number of hydrogen-bond donors (Lipinski definition) is 3. The lowest BCUT2D eigenvalue weighted by molar-refractivity contribution is 0.170. The van der Waals surface area contributed by atoms with E-state index in [9.17, 15) is 4.79 Å². The standard InChI is InChI=1S/C19H22N6O2S/c1-27-19(26)21-12-14-11-15(24-23-14)16-17(25-9-7-20-8-10-25)22-18(28-16)13-5-3-2-4-6-13/h2-6,11,20H,7-10,12H2,1H3,(H,21,26)(H,23,24). The smallest absolute Gasteiger partial charge is 0.407 e. The maximum absolute atomic E-state index is 11.3. The predicted molar refractivity (Wildman–Crippen MR) is 109 cm³/mol. The van der Waals surface area contributed by atoms with Crippen molar-refractivity contribution in [1.29, 1.82) is 0 Å². The number of piperazine rings is 1. The lowest BCUT2D eigenvalue weighted by atomic mass is 10.2. The molecule has 0 saturated carbocycles. The number of alkyl carbamates (subject to hydrolysis) is 1. The molecule has 3 heterocycles. The highest BCUT2D eigenvalue weighted by Gasteiger charge is 2.22. The predicted octanol–water partition coefficient (Wildman–Crippen LogP) is 2.47. The van der Waals surface area contributed by atoms with Gasteiger partial charge in [-0.3, -0.25) is 5.10 Å².